The molecule has 2 rings (SSSR count). The molecule has 1 saturated heterocycles. The second-order valence-corrected chi connectivity index (χ2v) is 3.61. The van der Waals surface area contributed by atoms with E-state index in [4.69, 9.17) is 10.6 Å². The zero-order valence-corrected chi connectivity index (χ0v) is 8.69. The topological polar surface area (TPSA) is 55.6 Å². The van der Waals surface area contributed by atoms with Gasteiger partial charge in [-0.05, 0) is 31.0 Å². The molecule has 1 aliphatic rings. The number of anilines is 1. The van der Waals surface area contributed by atoms with Crippen molar-refractivity contribution in [2.45, 2.75) is 13.3 Å². The molecule has 0 spiro atoms. The molecule has 1 heterocycles. The van der Waals surface area contributed by atoms with E-state index in [-0.39, 0.29) is 5.91 Å². The van der Waals surface area contributed by atoms with Crippen LogP contribution in [0.3, 0.4) is 0 Å². The largest absolute Gasteiger partial charge is 0.398 e. The molecule has 1 fully saturated rings. The summed E-state index contributed by atoms with van der Waals surface area (Å²) in [5.74, 6) is -0.0997. The Labute approximate surface area is 88.6 Å². The van der Waals surface area contributed by atoms with Gasteiger partial charge >= 0.3 is 0 Å². The number of carbonyl (C=O) groups excluding carboxylic acids is 1. The van der Waals surface area contributed by atoms with Crippen LogP contribution in [0.5, 0.6) is 0 Å². The molecule has 0 saturated carbocycles. The highest BCUT2D eigenvalue weighted by Crippen LogP contribution is 2.19. The summed E-state index contributed by atoms with van der Waals surface area (Å²) in [5.41, 5.74) is 7.82. The van der Waals surface area contributed by atoms with Crippen molar-refractivity contribution in [1.82, 2.24) is 5.06 Å². The Balaban J connectivity index is 2.28. The van der Waals surface area contributed by atoms with Crippen LogP contribution in [0.1, 0.15) is 22.3 Å². The highest BCUT2D eigenvalue weighted by atomic mass is 16.7. The van der Waals surface area contributed by atoms with Gasteiger partial charge in [-0.2, -0.15) is 0 Å². The van der Waals surface area contributed by atoms with Gasteiger partial charge in [-0.15, -0.1) is 0 Å². The Bertz CT molecular complexity index is 384. The molecule has 0 bridgehead atoms. The first-order valence-corrected chi connectivity index (χ1v) is 5.00. The first-order chi connectivity index (χ1) is 7.20. The van der Waals surface area contributed by atoms with E-state index < -0.39 is 0 Å². The van der Waals surface area contributed by atoms with Gasteiger partial charge in [0.05, 0.1) is 13.2 Å². The standard InChI is InChI=1S/C11H14N2O2/c1-8-9(4-2-5-10(8)12)11(14)13-6-3-7-15-13/h2,4-5H,3,6-7,12H2,1H3. The van der Waals surface area contributed by atoms with Crippen LogP contribution in [0.15, 0.2) is 18.2 Å². The number of hydroxylamine groups is 2. The summed E-state index contributed by atoms with van der Waals surface area (Å²) < 4.78 is 0. The fourth-order valence-corrected chi connectivity index (χ4v) is 1.63. The highest BCUT2D eigenvalue weighted by Gasteiger charge is 2.22. The van der Waals surface area contributed by atoms with Gasteiger partial charge in [0.2, 0.25) is 0 Å². The van der Waals surface area contributed by atoms with E-state index in [0.29, 0.717) is 24.4 Å². The molecule has 0 unspecified atom stereocenters. The Kier molecular flexibility index (Phi) is 2.60. The molecule has 4 heteroatoms. The monoisotopic (exact) mass is 206 g/mol. The molecule has 0 atom stereocenters. The van der Waals surface area contributed by atoms with E-state index in [1.807, 2.05) is 6.92 Å². The Morgan fingerprint density at radius 2 is 2.33 bits per heavy atom. The maximum Gasteiger partial charge on any atom is 0.277 e. The number of amides is 1. The molecule has 1 aromatic carbocycles. The van der Waals surface area contributed by atoms with Gasteiger partial charge in [-0.1, -0.05) is 6.07 Å². The minimum atomic E-state index is -0.0997. The van der Waals surface area contributed by atoms with Gasteiger partial charge in [0.1, 0.15) is 0 Å². The lowest BCUT2D eigenvalue weighted by molar-refractivity contribution is -0.0768. The number of carbonyl (C=O) groups is 1. The third kappa shape index (κ3) is 1.80. The predicted octanol–water partition coefficient (Wildman–Crippen LogP) is 1.35. The van der Waals surface area contributed by atoms with Crippen molar-refractivity contribution in [3.05, 3.63) is 29.3 Å². The lowest BCUT2D eigenvalue weighted by Gasteiger charge is -2.15. The Hall–Kier alpha value is -1.55. The number of nitrogen functional groups attached to an aromatic ring is 1. The number of hydrogen-bond donors (Lipinski definition) is 1. The van der Waals surface area contributed by atoms with E-state index in [9.17, 15) is 4.79 Å². The van der Waals surface area contributed by atoms with E-state index in [2.05, 4.69) is 0 Å². The highest BCUT2D eigenvalue weighted by molar-refractivity contribution is 5.96. The lowest BCUT2D eigenvalue weighted by atomic mass is 10.1. The third-order valence-electron chi connectivity index (χ3n) is 2.59. The lowest BCUT2D eigenvalue weighted by Crippen LogP contribution is -2.27. The van der Waals surface area contributed by atoms with Crippen LogP contribution in [-0.4, -0.2) is 24.1 Å². The van der Waals surface area contributed by atoms with Crippen molar-refractivity contribution in [3.8, 4) is 0 Å². The Morgan fingerprint density at radius 3 is 3.00 bits per heavy atom. The van der Waals surface area contributed by atoms with E-state index in [1.165, 1.54) is 5.06 Å². The van der Waals surface area contributed by atoms with Gasteiger partial charge in [0, 0.05) is 11.3 Å². The minimum Gasteiger partial charge on any atom is -0.398 e. The van der Waals surface area contributed by atoms with Crippen LogP contribution < -0.4 is 5.73 Å². The van der Waals surface area contributed by atoms with Gasteiger partial charge in [-0.3, -0.25) is 9.63 Å². The first kappa shape index (κ1) is 9.98. The summed E-state index contributed by atoms with van der Waals surface area (Å²) in [6.45, 7) is 3.12. The summed E-state index contributed by atoms with van der Waals surface area (Å²) in [4.78, 5) is 17.2. The van der Waals surface area contributed by atoms with E-state index in [0.717, 1.165) is 12.0 Å². The molecular formula is C11H14N2O2. The molecule has 0 aliphatic carbocycles. The van der Waals surface area contributed by atoms with Crippen LogP contribution in [0.2, 0.25) is 0 Å². The van der Waals surface area contributed by atoms with Crippen molar-refractivity contribution < 1.29 is 9.63 Å². The first-order valence-electron chi connectivity index (χ1n) is 5.00. The van der Waals surface area contributed by atoms with Gasteiger partial charge in [-0.25, -0.2) is 5.06 Å². The van der Waals surface area contributed by atoms with Gasteiger partial charge < -0.3 is 5.73 Å². The summed E-state index contributed by atoms with van der Waals surface area (Å²) in [6, 6.07) is 5.35. The van der Waals surface area contributed by atoms with Crippen molar-refractivity contribution in [1.29, 1.82) is 0 Å². The number of rotatable bonds is 1. The summed E-state index contributed by atoms with van der Waals surface area (Å²) >= 11 is 0. The molecule has 0 radical (unpaired) electrons. The molecule has 2 N–H and O–H groups in total. The average Bonchev–Trinajstić information content (AvgIpc) is 2.74. The third-order valence-corrected chi connectivity index (χ3v) is 2.59. The molecule has 1 aliphatic heterocycles. The van der Waals surface area contributed by atoms with Crippen LogP contribution in [-0.2, 0) is 4.84 Å². The van der Waals surface area contributed by atoms with Crippen molar-refractivity contribution in [2.24, 2.45) is 0 Å². The molecular weight excluding hydrogens is 192 g/mol. The molecule has 80 valence electrons. The number of nitrogens with two attached hydrogens (primary N) is 1. The molecule has 4 nitrogen and oxygen atoms in total. The maximum absolute atomic E-state index is 12.0. The molecule has 15 heavy (non-hydrogen) atoms. The Morgan fingerprint density at radius 1 is 1.53 bits per heavy atom. The predicted molar refractivity (Wildman–Crippen MR) is 57.2 cm³/mol. The second kappa shape index (κ2) is 3.90. The van der Waals surface area contributed by atoms with E-state index >= 15 is 0 Å². The van der Waals surface area contributed by atoms with Gasteiger partial charge in [0.15, 0.2) is 0 Å². The summed E-state index contributed by atoms with van der Waals surface area (Å²) in [7, 11) is 0. The number of nitrogens with zero attached hydrogens (tertiary/aromatic N) is 1. The summed E-state index contributed by atoms with van der Waals surface area (Å²) in [5, 5.41) is 1.40. The van der Waals surface area contributed by atoms with Crippen LogP contribution >= 0.6 is 0 Å². The smallest absolute Gasteiger partial charge is 0.277 e. The summed E-state index contributed by atoms with van der Waals surface area (Å²) in [6.07, 6.45) is 0.896. The molecule has 1 amide bonds. The molecule has 0 aromatic heterocycles. The minimum absolute atomic E-state index is 0.0997. The molecule has 1 aromatic rings. The van der Waals surface area contributed by atoms with Crippen molar-refractivity contribution in [2.75, 3.05) is 18.9 Å². The fourth-order valence-electron chi connectivity index (χ4n) is 1.63. The zero-order chi connectivity index (χ0) is 10.8. The van der Waals surface area contributed by atoms with Gasteiger partial charge in [0.25, 0.3) is 5.91 Å². The second-order valence-electron chi connectivity index (χ2n) is 3.61. The van der Waals surface area contributed by atoms with Crippen LogP contribution in [0.4, 0.5) is 5.69 Å². The average molecular weight is 206 g/mol. The van der Waals surface area contributed by atoms with Crippen LogP contribution in [0.25, 0.3) is 0 Å². The quantitative estimate of drug-likeness (QED) is 0.706. The maximum atomic E-state index is 12.0. The normalized spacial score (nSPS) is 15.7. The number of hydrogen-bond acceptors (Lipinski definition) is 3. The van der Waals surface area contributed by atoms with Crippen molar-refractivity contribution in [3.63, 3.8) is 0 Å². The van der Waals surface area contributed by atoms with Crippen LogP contribution in [0, 0.1) is 6.92 Å². The number of benzene rings is 1. The van der Waals surface area contributed by atoms with E-state index in [1.54, 1.807) is 18.2 Å². The SMILES string of the molecule is Cc1c(N)cccc1C(=O)N1CCCO1. The zero-order valence-electron chi connectivity index (χ0n) is 8.69. The fraction of sp³-hybridized carbons (Fsp3) is 0.364. The van der Waals surface area contributed by atoms with Crippen molar-refractivity contribution >= 4 is 11.6 Å².